The summed E-state index contributed by atoms with van der Waals surface area (Å²) < 4.78 is 0. The molecule has 13 heavy (non-hydrogen) atoms. The molecule has 1 rings (SSSR count). The van der Waals surface area contributed by atoms with E-state index in [4.69, 9.17) is 0 Å². The van der Waals surface area contributed by atoms with Crippen LogP contribution in [0.25, 0.3) is 0 Å². The Balaban J connectivity index is 2.23. The van der Waals surface area contributed by atoms with E-state index in [9.17, 15) is 5.11 Å². The molecular formula is C11H21NO. The van der Waals surface area contributed by atoms with Gasteiger partial charge in [-0.05, 0) is 19.3 Å². The van der Waals surface area contributed by atoms with E-state index in [-0.39, 0.29) is 12.0 Å². The van der Waals surface area contributed by atoms with Crippen molar-refractivity contribution < 1.29 is 5.11 Å². The predicted molar refractivity (Wildman–Crippen MR) is 55.6 cm³/mol. The topological polar surface area (TPSA) is 32.3 Å². The first-order chi connectivity index (χ1) is 6.20. The van der Waals surface area contributed by atoms with Gasteiger partial charge in [-0.3, -0.25) is 0 Å². The van der Waals surface area contributed by atoms with Crippen LogP contribution in [0.3, 0.4) is 0 Å². The van der Waals surface area contributed by atoms with Gasteiger partial charge < -0.3 is 10.4 Å². The summed E-state index contributed by atoms with van der Waals surface area (Å²) in [5, 5.41) is 12.7. The predicted octanol–water partition coefficient (Wildman–Crippen LogP) is 1.70. The van der Waals surface area contributed by atoms with Crippen molar-refractivity contribution >= 4 is 0 Å². The summed E-state index contributed by atoms with van der Waals surface area (Å²) in [5.74, 6) is 0. The molecule has 0 spiro atoms. The molecule has 0 aromatic heterocycles. The second kappa shape index (κ2) is 4.77. The fourth-order valence-corrected chi connectivity index (χ4v) is 1.47. The zero-order valence-corrected chi connectivity index (χ0v) is 8.71. The van der Waals surface area contributed by atoms with E-state index in [0.29, 0.717) is 6.04 Å². The second-order valence-electron chi connectivity index (χ2n) is 4.34. The van der Waals surface area contributed by atoms with Crippen LogP contribution in [0, 0.1) is 5.41 Å². The van der Waals surface area contributed by atoms with E-state index in [1.807, 2.05) is 0 Å². The molecule has 1 aliphatic carbocycles. The summed E-state index contributed by atoms with van der Waals surface area (Å²) in [6.45, 7) is 5.45. The van der Waals surface area contributed by atoms with Gasteiger partial charge in [0.25, 0.3) is 0 Å². The molecule has 0 saturated heterocycles. The Hall–Kier alpha value is -0.340. The van der Waals surface area contributed by atoms with Crippen LogP contribution in [0.2, 0.25) is 0 Å². The molecule has 76 valence electrons. The first-order valence-electron chi connectivity index (χ1n) is 5.19. The van der Waals surface area contributed by atoms with Gasteiger partial charge in [0.2, 0.25) is 0 Å². The lowest BCUT2D eigenvalue weighted by atomic mass is 9.88. The molecule has 0 radical (unpaired) electrons. The number of nitrogens with one attached hydrogen (secondary N) is 1. The third-order valence-corrected chi connectivity index (χ3v) is 3.06. The molecule has 0 aliphatic heterocycles. The zero-order chi connectivity index (χ0) is 9.73. The van der Waals surface area contributed by atoms with Gasteiger partial charge in [0.15, 0.2) is 0 Å². The highest BCUT2D eigenvalue weighted by Gasteiger charge is 2.22. The summed E-state index contributed by atoms with van der Waals surface area (Å²) in [7, 11) is 0. The first-order valence-corrected chi connectivity index (χ1v) is 5.19. The molecule has 2 N–H and O–H groups in total. The van der Waals surface area contributed by atoms with Crippen LogP contribution in [0.4, 0.5) is 0 Å². The maximum Gasteiger partial charge on any atom is 0.0496 e. The first kappa shape index (κ1) is 10.7. The summed E-state index contributed by atoms with van der Waals surface area (Å²) in [5.41, 5.74) is 0.0581. The quantitative estimate of drug-likeness (QED) is 0.636. The number of hydrogen-bond donors (Lipinski definition) is 2. The smallest absolute Gasteiger partial charge is 0.0496 e. The van der Waals surface area contributed by atoms with Crippen LogP contribution in [-0.4, -0.2) is 24.3 Å². The summed E-state index contributed by atoms with van der Waals surface area (Å²) in [4.78, 5) is 0. The van der Waals surface area contributed by atoms with Gasteiger partial charge >= 0.3 is 0 Å². The van der Waals surface area contributed by atoms with Crippen LogP contribution < -0.4 is 5.32 Å². The SMILES string of the molecule is CCC(C)(CO)CNC1CC=CC1. The third kappa shape index (κ3) is 3.12. The van der Waals surface area contributed by atoms with Crippen molar-refractivity contribution in [2.24, 2.45) is 5.41 Å². The molecule has 0 aromatic carbocycles. The minimum Gasteiger partial charge on any atom is -0.396 e. The normalized spacial score (nSPS) is 22.1. The van der Waals surface area contributed by atoms with E-state index < -0.39 is 0 Å². The number of aliphatic hydroxyl groups excluding tert-OH is 1. The van der Waals surface area contributed by atoms with Crippen molar-refractivity contribution in [2.75, 3.05) is 13.2 Å². The molecule has 0 bridgehead atoms. The largest absolute Gasteiger partial charge is 0.396 e. The van der Waals surface area contributed by atoms with Gasteiger partial charge in [0.05, 0.1) is 0 Å². The monoisotopic (exact) mass is 183 g/mol. The molecule has 1 unspecified atom stereocenters. The van der Waals surface area contributed by atoms with E-state index in [1.54, 1.807) is 0 Å². The van der Waals surface area contributed by atoms with E-state index in [1.165, 1.54) is 0 Å². The van der Waals surface area contributed by atoms with Crippen molar-refractivity contribution in [1.29, 1.82) is 0 Å². The van der Waals surface area contributed by atoms with Crippen LogP contribution in [-0.2, 0) is 0 Å². The van der Waals surface area contributed by atoms with Crippen LogP contribution in [0.5, 0.6) is 0 Å². The molecular weight excluding hydrogens is 162 g/mol. The number of rotatable bonds is 5. The lowest BCUT2D eigenvalue weighted by molar-refractivity contribution is 0.132. The molecule has 0 heterocycles. The Morgan fingerprint density at radius 3 is 2.54 bits per heavy atom. The average Bonchev–Trinajstić information content (AvgIpc) is 2.67. The lowest BCUT2D eigenvalue weighted by Crippen LogP contribution is -2.39. The molecule has 0 saturated carbocycles. The van der Waals surface area contributed by atoms with Gasteiger partial charge in [-0.15, -0.1) is 0 Å². The fourth-order valence-electron chi connectivity index (χ4n) is 1.47. The molecule has 0 fully saturated rings. The minimum atomic E-state index is 0.0581. The average molecular weight is 183 g/mol. The molecule has 2 nitrogen and oxygen atoms in total. The van der Waals surface area contributed by atoms with Crippen LogP contribution in [0.1, 0.15) is 33.1 Å². The summed E-state index contributed by atoms with van der Waals surface area (Å²) in [6, 6.07) is 0.609. The van der Waals surface area contributed by atoms with Gasteiger partial charge in [-0.1, -0.05) is 26.0 Å². The molecule has 1 atom stereocenters. The Labute approximate surface area is 81.0 Å². The maximum absolute atomic E-state index is 9.20. The number of aliphatic hydroxyl groups is 1. The van der Waals surface area contributed by atoms with Crippen molar-refractivity contribution in [2.45, 2.75) is 39.2 Å². The van der Waals surface area contributed by atoms with E-state index in [0.717, 1.165) is 25.8 Å². The zero-order valence-electron chi connectivity index (χ0n) is 8.71. The third-order valence-electron chi connectivity index (χ3n) is 3.06. The molecule has 0 aromatic rings. The van der Waals surface area contributed by atoms with E-state index in [2.05, 4.69) is 31.3 Å². The standard InChI is InChI=1S/C11H21NO/c1-3-11(2,9-13)8-12-10-6-4-5-7-10/h4-5,10,12-13H,3,6-9H2,1-2H3. The van der Waals surface area contributed by atoms with Crippen LogP contribution in [0.15, 0.2) is 12.2 Å². The van der Waals surface area contributed by atoms with Crippen LogP contribution >= 0.6 is 0 Å². The lowest BCUT2D eigenvalue weighted by Gasteiger charge is -2.27. The number of hydrogen-bond acceptors (Lipinski definition) is 2. The highest BCUT2D eigenvalue weighted by Crippen LogP contribution is 2.20. The van der Waals surface area contributed by atoms with Crippen molar-refractivity contribution in [3.63, 3.8) is 0 Å². The van der Waals surface area contributed by atoms with Crippen molar-refractivity contribution in [1.82, 2.24) is 5.32 Å². The van der Waals surface area contributed by atoms with Gasteiger partial charge in [-0.25, -0.2) is 0 Å². The van der Waals surface area contributed by atoms with Crippen molar-refractivity contribution in [3.8, 4) is 0 Å². The Kier molecular flexibility index (Phi) is 3.94. The fraction of sp³-hybridized carbons (Fsp3) is 0.818. The Morgan fingerprint density at radius 1 is 1.46 bits per heavy atom. The summed E-state index contributed by atoms with van der Waals surface area (Å²) in [6.07, 6.45) is 7.76. The summed E-state index contributed by atoms with van der Waals surface area (Å²) >= 11 is 0. The Bertz CT molecular complexity index is 165. The minimum absolute atomic E-state index is 0.0581. The van der Waals surface area contributed by atoms with Crippen molar-refractivity contribution in [3.05, 3.63) is 12.2 Å². The molecule has 2 heteroatoms. The maximum atomic E-state index is 9.20. The highest BCUT2D eigenvalue weighted by atomic mass is 16.3. The van der Waals surface area contributed by atoms with Gasteiger partial charge in [-0.2, -0.15) is 0 Å². The van der Waals surface area contributed by atoms with Gasteiger partial charge in [0, 0.05) is 24.6 Å². The molecule has 1 aliphatic rings. The van der Waals surface area contributed by atoms with Gasteiger partial charge in [0.1, 0.15) is 0 Å². The van der Waals surface area contributed by atoms with E-state index >= 15 is 0 Å². The highest BCUT2D eigenvalue weighted by molar-refractivity contribution is 4.98. The molecule has 0 amide bonds. The second-order valence-corrected chi connectivity index (χ2v) is 4.34. The Morgan fingerprint density at radius 2 is 2.08 bits per heavy atom.